The van der Waals surface area contributed by atoms with Crippen molar-refractivity contribution in [1.29, 1.82) is 0 Å². The van der Waals surface area contributed by atoms with Gasteiger partial charge in [-0.15, -0.1) is 0 Å². The number of carboxylic acids is 1. The van der Waals surface area contributed by atoms with Gasteiger partial charge in [-0.1, -0.05) is 49.8 Å². The lowest BCUT2D eigenvalue weighted by Crippen LogP contribution is -2.06. The number of rotatable bonds is 12. The summed E-state index contributed by atoms with van der Waals surface area (Å²) >= 11 is 0. The van der Waals surface area contributed by atoms with Gasteiger partial charge in [-0.2, -0.15) is 0 Å². The van der Waals surface area contributed by atoms with Crippen molar-refractivity contribution < 1.29 is 14.6 Å². The van der Waals surface area contributed by atoms with Crippen LogP contribution in [0, 0.1) is 0 Å². The summed E-state index contributed by atoms with van der Waals surface area (Å²) in [5, 5.41) is 8.55. The largest absolute Gasteiger partial charge is 0.481 e. The highest BCUT2D eigenvalue weighted by Crippen LogP contribution is 2.07. The lowest BCUT2D eigenvalue weighted by atomic mass is 10.1. The Morgan fingerprint density at radius 3 is 2.65 bits per heavy atom. The van der Waals surface area contributed by atoms with Gasteiger partial charge in [0.25, 0.3) is 0 Å². The number of methoxy groups -OCH3 is 1. The zero-order valence-corrected chi connectivity index (χ0v) is 12.8. The molecule has 0 spiro atoms. The lowest BCUT2D eigenvalue weighted by molar-refractivity contribution is -0.137. The zero-order chi connectivity index (χ0) is 15.1. The Labute approximate surface area is 123 Å². The van der Waals surface area contributed by atoms with Crippen LogP contribution in [0.1, 0.15) is 51.9 Å². The van der Waals surface area contributed by atoms with Crippen molar-refractivity contribution in [2.45, 2.75) is 58.0 Å². The summed E-state index contributed by atoms with van der Waals surface area (Å²) < 4.78 is 5.33. The van der Waals surface area contributed by atoms with Crippen LogP contribution in [-0.4, -0.2) is 24.3 Å². The summed E-state index contributed by atoms with van der Waals surface area (Å²) in [5.74, 6) is -0.728. The normalized spacial score (nSPS) is 13.7. The molecule has 0 bridgehead atoms. The summed E-state index contributed by atoms with van der Waals surface area (Å²) in [6.45, 7) is 2.17. The molecule has 1 unspecified atom stereocenters. The summed E-state index contributed by atoms with van der Waals surface area (Å²) in [4.78, 5) is 10.4. The SMILES string of the molecule is CCCC=CCC=CC=CC(CCCCC(=O)O)OC. The maximum absolute atomic E-state index is 10.4. The van der Waals surface area contributed by atoms with E-state index in [2.05, 4.69) is 25.2 Å². The van der Waals surface area contributed by atoms with Crippen molar-refractivity contribution in [1.82, 2.24) is 0 Å². The Morgan fingerprint density at radius 2 is 2.00 bits per heavy atom. The first-order chi connectivity index (χ1) is 9.70. The quantitative estimate of drug-likeness (QED) is 0.325. The Morgan fingerprint density at radius 1 is 1.20 bits per heavy atom. The highest BCUT2D eigenvalue weighted by atomic mass is 16.5. The van der Waals surface area contributed by atoms with Gasteiger partial charge in [0.1, 0.15) is 0 Å². The molecular formula is C17H28O3. The highest BCUT2D eigenvalue weighted by Gasteiger charge is 2.03. The van der Waals surface area contributed by atoms with Crippen LogP contribution in [0.15, 0.2) is 36.5 Å². The number of aliphatic carboxylic acids is 1. The monoisotopic (exact) mass is 280 g/mol. The molecular weight excluding hydrogens is 252 g/mol. The Bertz CT molecular complexity index is 316. The number of allylic oxidation sites excluding steroid dienone is 5. The average Bonchev–Trinajstić information content (AvgIpc) is 2.43. The predicted octanol–water partition coefficient (Wildman–Crippen LogP) is 4.51. The van der Waals surface area contributed by atoms with Crippen molar-refractivity contribution in [3.05, 3.63) is 36.5 Å². The van der Waals surface area contributed by atoms with Crippen molar-refractivity contribution in [2.24, 2.45) is 0 Å². The smallest absolute Gasteiger partial charge is 0.303 e. The van der Waals surface area contributed by atoms with E-state index in [1.54, 1.807) is 7.11 Å². The molecule has 0 aromatic heterocycles. The molecule has 0 amide bonds. The van der Waals surface area contributed by atoms with Gasteiger partial charge >= 0.3 is 5.97 Å². The fraction of sp³-hybridized carbons (Fsp3) is 0.588. The van der Waals surface area contributed by atoms with Crippen LogP contribution in [-0.2, 0) is 9.53 Å². The number of carbonyl (C=O) groups is 1. The zero-order valence-electron chi connectivity index (χ0n) is 12.8. The fourth-order valence-electron chi connectivity index (χ4n) is 1.72. The molecule has 0 radical (unpaired) electrons. The molecule has 0 heterocycles. The van der Waals surface area contributed by atoms with Gasteiger partial charge in [-0.05, 0) is 32.1 Å². The third-order valence-corrected chi connectivity index (χ3v) is 2.90. The van der Waals surface area contributed by atoms with Crippen LogP contribution in [0.5, 0.6) is 0 Å². The second-order valence-corrected chi connectivity index (χ2v) is 4.72. The number of unbranched alkanes of at least 4 members (excludes halogenated alkanes) is 2. The number of ether oxygens (including phenoxy) is 1. The van der Waals surface area contributed by atoms with Crippen LogP contribution in [0.4, 0.5) is 0 Å². The molecule has 0 aliphatic heterocycles. The van der Waals surface area contributed by atoms with Crippen molar-refractivity contribution in [2.75, 3.05) is 7.11 Å². The van der Waals surface area contributed by atoms with E-state index in [1.807, 2.05) is 18.2 Å². The van der Waals surface area contributed by atoms with Crippen molar-refractivity contribution >= 4 is 5.97 Å². The molecule has 0 aliphatic rings. The molecule has 0 fully saturated rings. The minimum absolute atomic E-state index is 0.0732. The molecule has 0 aliphatic carbocycles. The fourth-order valence-corrected chi connectivity index (χ4v) is 1.72. The molecule has 114 valence electrons. The molecule has 0 saturated carbocycles. The highest BCUT2D eigenvalue weighted by molar-refractivity contribution is 5.66. The van der Waals surface area contributed by atoms with Crippen LogP contribution < -0.4 is 0 Å². The first-order valence-electron chi connectivity index (χ1n) is 7.43. The topological polar surface area (TPSA) is 46.5 Å². The Kier molecular flexibility index (Phi) is 13.1. The van der Waals surface area contributed by atoms with Gasteiger partial charge in [-0.25, -0.2) is 0 Å². The van der Waals surface area contributed by atoms with E-state index in [-0.39, 0.29) is 12.5 Å². The van der Waals surface area contributed by atoms with Crippen molar-refractivity contribution in [3.63, 3.8) is 0 Å². The van der Waals surface area contributed by atoms with Gasteiger partial charge in [-0.3, -0.25) is 4.79 Å². The first-order valence-corrected chi connectivity index (χ1v) is 7.43. The first kappa shape index (κ1) is 18.7. The van der Waals surface area contributed by atoms with Gasteiger partial charge in [0.15, 0.2) is 0 Å². The van der Waals surface area contributed by atoms with E-state index in [0.717, 1.165) is 25.7 Å². The third kappa shape index (κ3) is 13.1. The van der Waals surface area contributed by atoms with E-state index in [0.29, 0.717) is 6.42 Å². The minimum Gasteiger partial charge on any atom is -0.481 e. The summed E-state index contributed by atoms with van der Waals surface area (Å²) in [6, 6.07) is 0. The van der Waals surface area contributed by atoms with E-state index in [1.165, 1.54) is 6.42 Å². The van der Waals surface area contributed by atoms with E-state index < -0.39 is 5.97 Å². The lowest BCUT2D eigenvalue weighted by Gasteiger charge is -2.09. The molecule has 3 heteroatoms. The molecule has 0 aromatic rings. The second-order valence-electron chi connectivity index (χ2n) is 4.72. The number of carboxylic acid groups (broad SMARTS) is 1. The van der Waals surface area contributed by atoms with Gasteiger partial charge in [0.05, 0.1) is 6.10 Å². The average molecular weight is 280 g/mol. The van der Waals surface area contributed by atoms with Crippen LogP contribution in [0.3, 0.4) is 0 Å². The Hall–Kier alpha value is -1.35. The minimum atomic E-state index is -0.728. The van der Waals surface area contributed by atoms with Crippen molar-refractivity contribution in [3.8, 4) is 0 Å². The van der Waals surface area contributed by atoms with Gasteiger partial charge in [0.2, 0.25) is 0 Å². The molecule has 0 rings (SSSR count). The third-order valence-electron chi connectivity index (χ3n) is 2.90. The Balaban J connectivity index is 3.77. The van der Waals surface area contributed by atoms with Crippen LogP contribution >= 0.6 is 0 Å². The molecule has 20 heavy (non-hydrogen) atoms. The van der Waals surface area contributed by atoms with Gasteiger partial charge in [0, 0.05) is 13.5 Å². The van der Waals surface area contributed by atoms with E-state index in [4.69, 9.17) is 9.84 Å². The molecule has 1 atom stereocenters. The summed E-state index contributed by atoms with van der Waals surface area (Å²) in [6.07, 6.45) is 18.6. The van der Waals surface area contributed by atoms with Crippen LogP contribution in [0.2, 0.25) is 0 Å². The molecule has 3 nitrogen and oxygen atoms in total. The maximum atomic E-state index is 10.4. The van der Waals surface area contributed by atoms with E-state index in [9.17, 15) is 4.79 Å². The predicted molar refractivity (Wildman–Crippen MR) is 83.8 cm³/mol. The molecule has 0 aromatic carbocycles. The summed E-state index contributed by atoms with van der Waals surface area (Å²) in [5.41, 5.74) is 0. The standard InChI is InChI=1S/C17H28O3/c1-3-4-5-6-7-8-9-10-13-16(20-2)14-11-12-15-17(18)19/h5-6,8-10,13,16H,3-4,7,11-12,14-15H2,1-2H3,(H,18,19). The molecule has 1 N–H and O–H groups in total. The van der Waals surface area contributed by atoms with E-state index >= 15 is 0 Å². The van der Waals surface area contributed by atoms with Crippen LogP contribution in [0.25, 0.3) is 0 Å². The number of hydrogen-bond donors (Lipinski definition) is 1. The van der Waals surface area contributed by atoms with Gasteiger partial charge < -0.3 is 9.84 Å². The molecule has 0 saturated heterocycles. The second kappa shape index (κ2) is 14.1. The maximum Gasteiger partial charge on any atom is 0.303 e. The summed E-state index contributed by atoms with van der Waals surface area (Å²) in [7, 11) is 1.68. The number of hydrogen-bond acceptors (Lipinski definition) is 2.